The maximum atomic E-state index is 11.2. The summed E-state index contributed by atoms with van der Waals surface area (Å²) in [5.74, 6) is 0. The molecule has 7 nitrogen and oxygen atoms in total. The predicted octanol–water partition coefficient (Wildman–Crippen LogP) is -0.177. The minimum absolute atomic E-state index is 0.00523. The largest absolute Gasteiger partial charge is 0.268 e. The Morgan fingerprint density at radius 2 is 2.06 bits per heavy atom. The highest BCUT2D eigenvalue weighted by molar-refractivity contribution is 7.89. The molecule has 0 bridgehead atoms. The van der Waals surface area contributed by atoms with Gasteiger partial charge < -0.3 is 0 Å². The molecule has 2 aromatic heterocycles. The van der Waals surface area contributed by atoms with Gasteiger partial charge in [-0.1, -0.05) is 0 Å². The van der Waals surface area contributed by atoms with Gasteiger partial charge in [0.15, 0.2) is 5.65 Å². The third kappa shape index (κ3) is 1.67. The number of nitrogens with one attached hydrogen (secondary N) is 1. The number of aromatic amines is 1. The van der Waals surface area contributed by atoms with Crippen molar-refractivity contribution in [3.63, 3.8) is 0 Å². The van der Waals surface area contributed by atoms with Crippen molar-refractivity contribution in [2.24, 2.45) is 5.14 Å². The zero-order chi connectivity index (χ0) is 12.9. The molecule has 1 aromatic carbocycles. The Hall–Kier alpha value is -2.19. The third-order valence-corrected chi connectivity index (χ3v) is 3.48. The minimum atomic E-state index is -3.75. The number of aromatic nitrogens is 3. The Morgan fingerprint density at radius 1 is 1.28 bits per heavy atom. The van der Waals surface area contributed by atoms with Crippen LogP contribution in [0.25, 0.3) is 16.6 Å². The van der Waals surface area contributed by atoms with E-state index in [0.717, 1.165) is 0 Å². The second-order valence-corrected chi connectivity index (χ2v) is 5.42. The average molecular weight is 264 g/mol. The molecule has 0 saturated carbocycles. The summed E-state index contributed by atoms with van der Waals surface area (Å²) in [5.41, 5.74) is 0.779. The van der Waals surface area contributed by atoms with E-state index in [9.17, 15) is 13.2 Å². The molecule has 8 heteroatoms. The van der Waals surface area contributed by atoms with Crippen molar-refractivity contribution in [3.8, 4) is 0 Å². The fourth-order valence-corrected chi connectivity index (χ4v) is 2.31. The van der Waals surface area contributed by atoms with Crippen LogP contribution in [0, 0.1) is 0 Å². The summed E-state index contributed by atoms with van der Waals surface area (Å²) in [4.78, 5) is 15.4. The molecule has 0 aliphatic heterocycles. The van der Waals surface area contributed by atoms with Gasteiger partial charge in [0, 0.05) is 17.6 Å². The number of primary sulfonamides is 1. The van der Waals surface area contributed by atoms with Crippen LogP contribution in [0.1, 0.15) is 0 Å². The maximum absolute atomic E-state index is 11.2. The second-order valence-electron chi connectivity index (χ2n) is 3.86. The van der Waals surface area contributed by atoms with E-state index < -0.39 is 10.0 Å². The van der Waals surface area contributed by atoms with E-state index in [2.05, 4.69) is 10.1 Å². The summed E-state index contributed by atoms with van der Waals surface area (Å²) in [6.45, 7) is 0. The van der Waals surface area contributed by atoms with Gasteiger partial charge in [0.2, 0.25) is 10.0 Å². The van der Waals surface area contributed by atoms with Crippen molar-refractivity contribution in [2.75, 3.05) is 0 Å². The number of hydrogen-bond acceptors (Lipinski definition) is 4. The minimum Gasteiger partial charge on any atom is -0.268 e. The smallest absolute Gasteiger partial charge is 0.266 e. The molecular weight excluding hydrogens is 256 g/mol. The molecule has 3 N–H and O–H groups in total. The first-order chi connectivity index (χ1) is 8.43. The van der Waals surface area contributed by atoms with Crippen LogP contribution in [0.4, 0.5) is 0 Å². The van der Waals surface area contributed by atoms with Gasteiger partial charge in [-0.25, -0.2) is 23.1 Å². The normalized spacial score (nSPS) is 12.3. The van der Waals surface area contributed by atoms with Crippen molar-refractivity contribution in [3.05, 3.63) is 40.8 Å². The molecule has 0 spiro atoms. The number of hydrogen-bond donors (Lipinski definition) is 2. The van der Waals surface area contributed by atoms with E-state index in [-0.39, 0.29) is 10.5 Å². The van der Waals surface area contributed by atoms with Crippen molar-refractivity contribution in [2.45, 2.75) is 4.90 Å². The molecule has 0 unspecified atom stereocenters. The van der Waals surface area contributed by atoms with Crippen molar-refractivity contribution < 1.29 is 8.42 Å². The predicted molar refractivity (Wildman–Crippen MR) is 64.7 cm³/mol. The lowest BCUT2D eigenvalue weighted by atomic mass is 10.2. The summed E-state index contributed by atoms with van der Waals surface area (Å²) in [7, 11) is -3.75. The van der Waals surface area contributed by atoms with E-state index in [4.69, 9.17) is 5.14 Å². The number of sulfonamides is 1. The van der Waals surface area contributed by atoms with E-state index >= 15 is 0 Å². The fourth-order valence-electron chi connectivity index (χ4n) is 1.76. The van der Waals surface area contributed by atoms with Crippen LogP contribution in [0.15, 0.2) is 40.2 Å². The molecule has 0 fully saturated rings. The highest BCUT2D eigenvalue weighted by Gasteiger charge is 2.09. The molecule has 2 heterocycles. The van der Waals surface area contributed by atoms with E-state index in [0.29, 0.717) is 16.6 Å². The lowest BCUT2D eigenvalue weighted by Gasteiger charge is -2.02. The summed E-state index contributed by atoms with van der Waals surface area (Å²) in [5, 5.41) is 8.15. The highest BCUT2D eigenvalue weighted by Crippen LogP contribution is 2.17. The lowest BCUT2D eigenvalue weighted by Crippen LogP contribution is -2.12. The van der Waals surface area contributed by atoms with Crippen LogP contribution in [0.2, 0.25) is 0 Å². The number of rotatable bonds is 1. The van der Waals surface area contributed by atoms with Crippen molar-refractivity contribution in [1.82, 2.24) is 14.6 Å². The summed E-state index contributed by atoms with van der Waals surface area (Å²) < 4.78 is 23.9. The van der Waals surface area contributed by atoms with Crippen LogP contribution in [0.5, 0.6) is 0 Å². The maximum Gasteiger partial charge on any atom is 0.266 e. The highest BCUT2D eigenvalue weighted by atomic mass is 32.2. The standard InChI is InChI=1S/C10H8N4O3S/c11-18(16,17)7-1-2-8-6(3-7)5-14-9(12-8)4-10(15)13-14/h1-5H,(H,13,15)(H2,11,16,17). The molecule has 0 saturated heterocycles. The van der Waals surface area contributed by atoms with Gasteiger partial charge in [-0.3, -0.25) is 9.89 Å². The molecule has 3 rings (SSSR count). The number of nitrogens with two attached hydrogens (primary N) is 1. The average Bonchev–Trinajstić information content (AvgIpc) is 2.62. The Morgan fingerprint density at radius 3 is 2.78 bits per heavy atom. The molecule has 3 aromatic rings. The zero-order valence-corrected chi connectivity index (χ0v) is 9.81. The van der Waals surface area contributed by atoms with Gasteiger partial charge in [0.1, 0.15) is 0 Å². The van der Waals surface area contributed by atoms with Gasteiger partial charge in [-0.2, -0.15) is 0 Å². The molecule has 18 heavy (non-hydrogen) atoms. The van der Waals surface area contributed by atoms with Crippen LogP contribution in [-0.4, -0.2) is 23.0 Å². The van der Waals surface area contributed by atoms with Gasteiger partial charge in [0.05, 0.1) is 10.4 Å². The topological polar surface area (TPSA) is 110 Å². The van der Waals surface area contributed by atoms with E-state index in [1.807, 2.05) is 0 Å². The van der Waals surface area contributed by atoms with Gasteiger partial charge in [-0.15, -0.1) is 0 Å². The van der Waals surface area contributed by atoms with Gasteiger partial charge in [-0.05, 0) is 18.2 Å². The quantitative estimate of drug-likeness (QED) is 0.635. The monoisotopic (exact) mass is 264 g/mol. The fraction of sp³-hybridized carbons (Fsp3) is 0. The van der Waals surface area contributed by atoms with Crippen molar-refractivity contribution >= 4 is 26.6 Å². The molecule has 92 valence electrons. The summed E-state index contributed by atoms with van der Waals surface area (Å²) >= 11 is 0. The number of nitrogens with zero attached hydrogens (tertiary/aromatic N) is 2. The molecule has 0 atom stereocenters. The number of fused-ring (bicyclic) bond motifs is 2. The first-order valence-electron chi connectivity index (χ1n) is 4.98. The summed E-state index contributed by atoms with van der Waals surface area (Å²) in [6.07, 6.45) is 1.59. The summed E-state index contributed by atoms with van der Waals surface area (Å²) in [6, 6.07) is 5.70. The zero-order valence-electron chi connectivity index (χ0n) is 8.99. The Bertz CT molecular complexity index is 923. The van der Waals surface area contributed by atoms with E-state index in [1.54, 1.807) is 12.3 Å². The van der Waals surface area contributed by atoms with Gasteiger partial charge in [0.25, 0.3) is 5.56 Å². The van der Waals surface area contributed by atoms with Crippen LogP contribution in [0.3, 0.4) is 0 Å². The second kappa shape index (κ2) is 3.40. The van der Waals surface area contributed by atoms with Crippen LogP contribution in [-0.2, 0) is 10.0 Å². The molecule has 0 aliphatic rings. The Balaban J connectivity index is 2.40. The lowest BCUT2D eigenvalue weighted by molar-refractivity contribution is 0.598. The van der Waals surface area contributed by atoms with Crippen LogP contribution >= 0.6 is 0 Å². The van der Waals surface area contributed by atoms with E-state index in [1.165, 1.54) is 22.7 Å². The van der Waals surface area contributed by atoms with Gasteiger partial charge >= 0.3 is 0 Å². The Labute approximate surface area is 101 Å². The van der Waals surface area contributed by atoms with Crippen LogP contribution < -0.4 is 10.7 Å². The van der Waals surface area contributed by atoms with Crippen molar-refractivity contribution in [1.29, 1.82) is 0 Å². The molecule has 0 amide bonds. The Kier molecular flexibility index (Phi) is 2.07. The first-order valence-corrected chi connectivity index (χ1v) is 6.53. The number of H-pyrrole nitrogens is 1. The number of benzene rings is 1. The third-order valence-electron chi connectivity index (χ3n) is 2.57. The SMILES string of the molecule is NS(=O)(=O)c1ccc2nc3cc(=O)[nH]n3cc2c1. The molecule has 0 radical (unpaired) electrons. The molecule has 0 aliphatic carbocycles. The molecular formula is C10H8N4O3S. The first kappa shape index (κ1) is 10.9.